The van der Waals surface area contributed by atoms with Crippen molar-refractivity contribution in [2.75, 3.05) is 25.0 Å². The van der Waals surface area contributed by atoms with Gasteiger partial charge in [0.2, 0.25) is 5.89 Å². The maximum absolute atomic E-state index is 5.42. The Bertz CT molecular complexity index is 637. The van der Waals surface area contributed by atoms with Crippen LogP contribution in [0.5, 0.6) is 0 Å². The highest BCUT2D eigenvalue weighted by Crippen LogP contribution is 2.35. The highest BCUT2D eigenvalue weighted by atomic mass is 16.5. The molecular formula is C18H24N4O. The first-order valence-electron chi connectivity index (χ1n) is 8.62. The fraction of sp³-hybridized carbons (Fsp3) is 0.556. The number of rotatable bonds is 5. The first-order chi connectivity index (χ1) is 11.3. The van der Waals surface area contributed by atoms with Crippen LogP contribution in [0.25, 0.3) is 0 Å². The summed E-state index contributed by atoms with van der Waals surface area (Å²) in [6, 6.07) is 11.2. The molecule has 1 aromatic carbocycles. The van der Waals surface area contributed by atoms with Gasteiger partial charge in [-0.25, -0.2) is 0 Å². The van der Waals surface area contributed by atoms with Crippen molar-refractivity contribution in [1.82, 2.24) is 15.0 Å². The number of hydrogen-bond donors (Lipinski definition) is 0. The quantitative estimate of drug-likeness (QED) is 0.849. The van der Waals surface area contributed by atoms with E-state index in [1.165, 1.54) is 31.4 Å². The van der Waals surface area contributed by atoms with E-state index in [1.54, 1.807) is 0 Å². The van der Waals surface area contributed by atoms with Crippen LogP contribution in [0, 0.1) is 0 Å². The van der Waals surface area contributed by atoms with Crippen molar-refractivity contribution in [2.24, 2.45) is 0 Å². The number of hydrogen-bond acceptors (Lipinski definition) is 5. The second-order valence-corrected chi connectivity index (χ2v) is 6.82. The maximum Gasteiger partial charge on any atom is 0.229 e. The summed E-state index contributed by atoms with van der Waals surface area (Å²) in [7, 11) is 2.17. The largest absolute Gasteiger partial charge is 0.370 e. The molecule has 1 saturated carbocycles. The predicted octanol–water partition coefficient (Wildman–Crippen LogP) is 3.05. The van der Waals surface area contributed by atoms with Crippen LogP contribution in [0.1, 0.15) is 43.3 Å². The first-order valence-corrected chi connectivity index (χ1v) is 8.62. The summed E-state index contributed by atoms with van der Waals surface area (Å²) in [5.41, 5.74) is 1.32. The summed E-state index contributed by atoms with van der Waals surface area (Å²) >= 11 is 0. The lowest BCUT2D eigenvalue weighted by Crippen LogP contribution is -2.34. The van der Waals surface area contributed by atoms with Gasteiger partial charge in [0.05, 0.1) is 6.54 Å². The zero-order valence-corrected chi connectivity index (χ0v) is 13.7. The normalized spacial score (nSPS) is 21.8. The van der Waals surface area contributed by atoms with E-state index in [0.29, 0.717) is 12.0 Å². The first kappa shape index (κ1) is 14.7. The molecule has 1 atom stereocenters. The average Bonchev–Trinajstić information content (AvgIpc) is 3.16. The number of likely N-dealkylation sites (N-methyl/N-ethyl adjacent to an activating group) is 1. The molecule has 1 saturated heterocycles. The molecule has 1 unspecified atom stereocenters. The van der Waals surface area contributed by atoms with Crippen molar-refractivity contribution in [3.63, 3.8) is 0 Å². The van der Waals surface area contributed by atoms with Crippen LogP contribution in [-0.2, 0) is 6.54 Å². The molecule has 2 aromatic rings. The van der Waals surface area contributed by atoms with Crippen LogP contribution in [0.15, 0.2) is 34.9 Å². The minimum Gasteiger partial charge on any atom is -0.370 e. The Kier molecular flexibility index (Phi) is 4.04. The molecule has 0 bridgehead atoms. The minimum absolute atomic E-state index is 0.515. The maximum atomic E-state index is 5.42. The number of aromatic nitrogens is 2. The molecule has 4 rings (SSSR count). The Balaban J connectivity index is 1.34. The third kappa shape index (κ3) is 3.11. The van der Waals surface area contributed by atoms with Gasteiger partial charge in [-0.3, -0.25) is 4.90 Å². The molecule has 0 radical (unpaired) electrons. The highest BCUT2D eigenvalue weighted by Gasteiger charge is 2.28. The molecule has 5 nitrogen and oxygen atoms in total. The van der Waals surface area contributed by atoms with Crippen molar-refractivity contribution in [2.45, 2.75) is 44.2 Å². The molecule has 2 heterocycles. The predicted molar refractivity (Wildman–Crippen MR) is 89.4 cm³/mol. The summed E-state index contributed by atoms with van der Waals surface area (Å²) < 4.78 is 5.42. The second-order valence-electron chi connectivity index (χ2n) is 6.82. The topological polar surface area (TPSA) is 45.4 Å². The van der Waals surface area contributed by atoms with Crippen LogP contribution >= 0.6 is 0 Å². The molecule has 1 aromatic heterocycles. The molecule has 0 amide bonds. The van der Waals surface area contributed by atoms with E-state index in [2.05, 4.69) is 57.3 Å². The lowest BCUT2D eigenvalue weighted by atomic mass is 9.85. The Morgan fingerprint density at radius 3 is 2.78 bits per heavy atom. The lowest BCUT2D eigenvalue weighted by Gasteiger charge is -2.24. The summed E-state index contributed by atoms with van der Waals surface area (Å²) in [5, 5.41) is 4.17. The molecule has 1 aliphatic carbocycles. The van der Waals surface area contributed by atoms with Crippen molar-refractivity contribution in [3.05, 3.63) is 42.0 Å². The van der Waals surface area contributed by atoms with Crippen LogP contribution in [0.2, 0.25) is 0 Å². The van der Waals surface area contributed by atoms with Crippen LogP contribution < -0.4 is 4.90 Å². The van der Waals surface area contributed by atoms with Gasteiger partial charge in [-0.1, -0.05) is 29.8 Å². The fourth-order valence-corrected chi connectivity index (χ4v) is 3.48. The second kappa shape index (κ2) is 6.32. The smallest absolute Gasteiger partial charge is 0.229 e. The van der Waals surface area contributed by atoms with Gasteiger partial charge < -0.3 is 9.42 Å². The average molecular weight is 312 g/mol. The van der Waals surface area contributed by atoms with E-state index in [4.69, 9.17) is 4.52 Å². The van der Waals surface area contributed by atoms with Gasteiger partial charge in [0, 0.05) is 30.7 Å². The van der Waals surface area contributed by atoms with Crippen molar-refractivity contribution >= 4 is 5.69 Å². The monoisotopic (exact) mass is 312 g/mol. The van der Waals surface area contributed by atoms with Gasteiger partial charge in [-0.05, 0) is 38.4 Å². The van der Waals surface area contributed by atoms with Crippen molar-refractivity contribution in [3.8, 4) is 0 Å². The van der Waals surface area contributed by atoms with E-state index in [0.717, 1.165) is 31.3 Å². The van der Waals surface area contributed by atoms with Crippen LogP contribution in [0.3, 0.4) is 0 Å². The van der Waals surface area contributed by atoms with Gasteiger partial charge in [-0.2, -0.15) is 4.98 Å². The highest BCUT2D eigenvalue weighted by molar-refractivity contribution is 5.47. The molecule has 2 fully saturated rings. The lowest BCUT2D eigenvalue weighted by molar-refractivity contribution is 0.239. The summed E-state index contributed by atoms with van der Waals surface area (Å²) in [6.45, 7) is 2.94. The Morgan fingerprint density at radius 2 is 2.04 bits per heavy atom. The van der Waals surface area contributed by atoms with E-state index in [1.807, 2.05) is 0 Å². The Hall–Kier alpha value is -1.88. The SMILES string of the molecule is CN(Cc1noc(C2CCC2)n1)C1CCN(c2ccccc2)C1. The third-order valence-corrected chi connectivity index (χ3v) is 5.24. The number of anilines is 1. The van der Waals surface area contributed by atoms with Crippen LogP contribution in [0.4, 0.5) is 5.69 Å². The van der Waals surface area contributed by atoms with E-state index in [-0.39, 0.29) is 0 Å². The molecule has 5 heteroatoms. The third-order valence-electron chi connectivity index (χ3n) is 5.24. The molecular weight excluding hydrogens is 288 g/mol. The molecule has 122 valence electrons. The number of benzene rings is 1. The number of nitrogens with zero attached hydrogens (tertiary/aromatic N) is 4. The van der Waals surface area contributed by atoms with Gasteiger partial charge in [-0.15, -0.1) is 0 Å². The molecule has 0 spiro atoms. The van der Waals surface area contributed by atoms with Crippen molar-refractivity contribution < 1.29 is 4.52 Å². The van der Waals surface area contributed by atoms with Crippen LogP contribution in [-0.4, -0.2) is 41.2 Å². The standard InChI is InChI=1S/C18H24N4O/c1-21(13-17-19-18(23-20-17)14-6-5-7-14)16-10-11-22(12-16)15-8-3-2-4-9-15/h2-4,8-9,14,16H,5-7,10-13H2,1H3. The summed E-state index contributed by atoms with van der Waals surface area (Å²) in [4.78, 5) is 9.40. The van der Waals surface area contributed by atoms with Crippen molar-refractivity contribution in [1.29, 1.82) is 0 Å². The molecule has 2 aliphatic rings. The Morgan fingerprint density at radius 1 is 1.22 bits per heavy atom. The minimum atomic E-state index is 0.515. The molecule has 23 heavy (non-hydrogen) atoms. The number of para-hydroxylation sites is 1. The zero-order chi connectivity index (χ0) is 15.6. The van der Waals surface area contributed by atoms with Gasteiger partial charge in [0.15, 0.2) is 5.82 Å². The van der Waals surface area contributed by atoms with E-state index < -0.39 is 0 Å². The zero-order valence-electron chi connectivity index (χ0n) is 13.7. The van der Waals surface area contributed by atoms with E-state index in [9.17, 15) is 0 Å². The summed E-state index contributed by atoms with van der Waals surface area (Å²) in [6.07, 6.45) is 4.87. The van der Waals surface area contributed by atoms with Gasteiger partial charge >= 0.3 is 0 Å². The molecule has 1 aliphatic heterocycles. The summed E-state index contributed by atoms with van der Waals surface area (Å²) in [5.74, 6) is 2.19. The van der Waals surface area contributed by atoms with E-state index >= 15 is 0 Å². The Labute approximate surface area is 137 Å². The van der Waals surface area contributed by atoms with Gasteiger partial charge in [0.25, 0.3) is 0 Å². The van der Waals surface area contributed by atoms with Gasteiger partial charge in [0.1, 0.15) is 0 Å². The molecule has 0 N–H and O–H groups in total. The fourth-order valence-electron chi connectivity index (χ4n) is 3.48.